The number of ether oxygens (including phenoxy) is 1. The van der Waals surface area contributed by atoms with E-state index < -0.39 is 10.0 Å². The molecule has 164 valence electrons. The van der Waals surface area contributed by atoms with Crippen molar-refractivity contribution in [1.82, 2.24) is 5.32 Å². The monoisotopic (exact) mass is 522 g/mol. The van der Waals surface area contributed by atoms with Crippen LogP contribution in [0.1, 0.15) is 29.4 Å². The van der Waals surface area contributed by atoms with Crippen LogP contribution in [-0.4, -0.2) is 40.1 Å². The van der Waals surface area contributed by atoms with Gasteiger partial charge in [0.25, 0.3) is 15.9 Å². The van der Waals surface area contributed by atoms with Crippen molar-refractivity contribution in [2.75, 3.05) is 24.0 Å². The first-order valence-electron chi connectivity index (χ1n) is 10.1. The van der Waals surface area contributed by atoms with E-state index in [0.717, 1.165) is 34.0 Å². The van der Waals surface area contributed by atoms with Crippen LogP contribution in [0.4, 0.5) is 5.69 Å². The van der Waals surface area contributed by atoms with Gasteiger partial charge in [-0.2, -0.15) is 0 Å². The molecule has 0 radical (unpaired) electrons. The average molecular weight is 523 g/mol. The summed E-state index contributed by atoms with van der Waals surface area (Å²) in [4.78, 5) is 13.4. The zero-order chi connectivity index (χ0) is 22.0. The van der Waals surface area contributed by atoms with E-state index in [0.29, 0.717) is 23.7 Å². The molecule has 2 heterocycles. The third kappa shape index (κ3) is 4.79. The summed E-state index contributed by atoms with van der Waals surface area (Å²) < 4.78 is 35.0. The molecule has 1 aromatic heterocycles. The number of halogens is 1. The zero-order valence-electron chi connectivity index (χ0n) is 17.0. The highest BCUT2D eigenvalue weighted by atomic mass is 79.9. The van der Waals surface area contributed by atoms with E-state index in [2.05, 4.69) is 21.2 Å². The van der Waals surface area contributed by atoms with Crippen LogP contribution in [-0.2, 0) is 14.8 Å². The fourth-order valence-electron chi connectivity index (χ4n) is 3.62. The molecule has 1 amide bonds. The fraction of sp³-hybridized carbons (Fsp3) is 0.318. The number of carbonyl (C=O) groups is 1. The number of nitrogens with one attached hydrogen (secondary N) is 1. The molecule has 9 heteroatoms. The number of benzene rings is 2. The van der Waals surface area contributed by atoms with Gasteiger partial charge in [-0.15, -0.1) is 11.3 Å². The number of nitrogens with zero attached hydrogens (tertiary/aromatic N) is 1. The molecule has 1 aliphatic heterocycles. The summed E-state index contributed by atoms with van der Waals surface area (Å²) in [6.07, 6.45) is 2.09. The number of hydrogen-bond acceptors (Lipinski definition) is 5. The van der Waals surface area contributed by atoms with Gasteiger partial charge in [0.2, 0.25) is 0 Å². The van der Waals surface area contributed by atoms with Crippen LogP contribution < -0.4 is 9.62 Å². The van der Waals surface area contributed by atoms with Gasteiger partial charge >= 0.3 is 0 Å². The first kappa shape index (κ1) is 22.3. The predicted octanol–water partition coefficient (Wildman–Crippen LogP) is 4.79. The van der Waals surface area contributed by atoms with Crippen LogP contribution >= 0.6 is 27.3 Å². The van der Waals surface area contributed by atoms with Crippen molar-refractivity contribution in [3.63, 3.8) is 0 Å². The van der Waals surface area contributed by atoms with Gasteiger partial charge in [0.15, 0.2) is 0 Å². The van der Waals surface area contributed by atoms with E-state index in [1.54, 1.807) is 37.3 Å². The Balaban J connectivity index is 1.57. The van der Waals surface area contributed by atoms with E-state index >= 15 is 0 Å². The standard InChI is InChI=1S/C22H23BrN2O4S2/c1-2-25(31(27,28)19-8-5-16(23)6-9-19)17-7-10-20-15(12-17)13-21(30-20)22(26)24-14-18-4-3-11-29-18/h5-10,12-13,18H,2-4,11,14H2,1H3,(H,24,26)/t18-/m1/s1. The molecular weight excluding hydrogens is 500 g/mol. The third-order valence-electron chi connectivity index (χ3n) is 5.21. The fourth-order valence-corrected chi connectivity index (χ4v) is 6.31. The number of thiophene rings is 1. The lowest BCUT2D eigenvalue weighted by Crippen LogP contribution is -2.31. The Morgan fingerprint density at radius 3 is 2.68 bits per heavy atom. The van der Waals surface area contributed by atoms with Crippen molar-refractivity contribution in [2.45, 2.75) is 30.8 Å². The zero-order valence-corrected chi connectivity index (χ0v) is 20.2. The Labute approximate surface area is 194 Å². The quantitative estimate of drug-likeness (QED) is 0.484. The Morgan fingerprint density at radius 1 is 1.23 bits per heavy atom. The summed E-state index contributed by atoms with van der Waals surface area (Å²) in [5, 5.41) is 3.78. The minimum Gasteiger partial charge on any atom is -0.376 e. The van der Waals surface area contributed by atoms with E-state index in [1.165, 1.54) is 15.6 Å². The summed E-state index contributed by atoms with van der Waals surface area (Å²) in [5.41, 5.74) is 0.571. The molecule has 2 aromatic carbocycles. The second-order valence-electron chi connectivity index (χ2n) is 7.30. The maximum absolute atomic E-state index is 13.2. The molecule has 0 saturated carbocycles. The van der Waals surface area contributed by atoms with Crippen LogP contribution in [0.25, 0.3) is 10.1 Å². The summed E-state index contributed by atoms with van der Waals surface area (Å²) in [6, 6.07) is 13.9. The van der Waals surface area contributed by atoms with Crippen molar-refractivity contribution in [2.24, 2.45) is 0 Å². The van der Waals surface area contributed by atoms with Crippen LogP contribution in [0, 0.1) is 0 Å². The Bertz CT molecular complexity index is 1190. The van der Waals surface area contributed by atoms with Crippen LogP contribution in [0.3, 0.4) is 0 Å². The lowest BCUT2D eigenvalue weighted by atomic mass is 10.2. The van der Waals surface area contributed by atoms with Crippen molar-refractivity contribution in [3.05, 3.63) is 57.9 Å². The van der Waals surface area contributed by atoms with E-state index in [1.807, 2.05) is 18.2 Å². The molecule has 1 fully saturated rings. The molecule has 4 rings (SSSR count). The molecule has 1 N–H and O–H groups in total. The maximum Gasteiger partial charge on any atom is 0.264 e. The Hall–Kier alpha value is -1.94. The molecule has 3 aromatic rings. The second-order valence-corrected chi connectivity index (χ2v) is 11.2. The van der Waals surface area contributed by atoms with Gasteiger partial charge in [-0.3, -0.25) is 9.10 Å². The highest BCUT2D eigenvalue weighted by Crippen LogP contribution is 2.32. The largest absolute Gasteiger partial charge is 0.376 e. The highest BCUT2D eigenvalue weighted by molar-refractivity contribution is 9.10. The second kappa shape index (κ2) is 9.28. The van der Waals surface area contributed by atoms with Gasteiger partial charge in [-0.05, 0) is 73.7 Å². The molecule has 1 atom stereocenters. The van der Waals surface area contributed by atoms with E-state index in [-0.39, 0.29) is 16.9 Å². The van der Waals surface area contributed by atoms with Crippen molar-refractivity contribution in [1.29, 1.82) is 0 Å². The van der Waals surface area contributed by atoms with Gasteiger partial charge < -0.3 is 10.1 Å². The number of sulfonamides is 1. The Kier molecular flexibility index (Phi) is 6.66. The van der Waals surface area contributed by atoms with Crippen LogP contribution in [0.15, 0.2) is 57.9 Å². The number of fused-ring (bicyclic) bond motifs is 1. The molecule has 6 nitrogen and oxygen atoms in total. The molecule has 1 saturated heterocycles. The van der Waals surface area contributed by atoms with Crippen molar-refractivity contribution in [3.8, 4) is 0 Å². The number of anilines is 1. The highest BCUT2D eigenvalue weighted by Gasteiger charge is 2.24. The molecule has 0 aliphatic carbocycles. The summed E-state index contributed by atoms with van der Waals surface area (Å²) >= 11 is 4.73. The smallest absolute Gasteiger partial charge is 0.264 e. The third-order valence-corrected chi connectivity index (χ3v) is 8.78. The number of hydrogen-bond donors (Lipinski definition) is 1. The first-order valence-corrected chi connectivity index (χ1v) is 13.1. The topological polar surface area (TPSA) is 75.7 Å². The minimum absolute atomic E-state index is 0.0897. The lowest BCUT2D eigenvalue weighted by molar-refractivity contribution is 0.0861. The van der Waals surface area contributed by atoms with Gasteiger partial charge in [-0.25, -0.2) is 8.42 Å². The number of carbonyl (C=O) groups excluding carboxylic acids is 1. The van der Waals surface area contributed by atoms with Crippen LogP contribution in [0.5, 0.6) is 0 Å². The molecular formula is C22H23BrN2O4S2. The molecule has 31 heavy (non-hydrogen) atoms. The minimum atomic E-state index is -3.69. The molecule has 1 aliphatic rings. The van der Waals surface area contributed by atoms with Crippen molar-refractivity contribution >= 4 is 59.0 Å². The lowest BCUT2D eigenvalue weighted by Gasteiger charge is -2.23. The number of rotatable bonds is 7. The molecule has 0 bridgehead atoms. The summed E-state index contributed by atoms with van der Waals surface area (Å²) in [7, 11) is -3.69. The first-order chi connectivity index (χ1) is 14.9. The van der Waals surface area contributed by atoms with Gasteiger partial charge in [0.05, 0.1) is 21.6 Å². The van der Waals surface area contributed by atoms with Gasteiger partial charge in [0, 0.05) is 28.9 Å². The Morgan fingerprint density at radius 2 is 2.00 bits per heavy atom. The summed E-state index contributed by atoms with van der Waals surface area (Å²) in [6.45, 7) is 3.36. The predicted molar refractivity (Wildman–Crippen MR) is 127 cm³/mol. The van der Waals surface area contributed by atoms with Gasteiger partial charge in [0.1, 0.15) is 0 Å². The van der Waals surface area contributed by atoms with Crippen LogP contribution in [0.2, 0.25) is 0 Å². The molecule has 0 unspecified atom stereocenters. The maximum atomic E-state index is 13.2. The SMILES string of the molecule is CCN(c1ccc2sc(C(=O)NC[C@H]3CCCO3)cc2c1)S(=O)(=O)c1ccc(Br)cc1. The molecule has 0 spiro atoms. The van der Waals surface area contributed by atoms with Crippen molar-refractivity contribution < 1.29 is 17.9 Å². The normalized spacial score (nSPS) is 16.5. The summed E-state index contributed by atoms with van der Waals surface area (Å²) in [5.74, 6) is -0.131. The van der Waals surface area contributed by atoms with Gasteiger partial charge in [-0.1, -0.05) is 15.9 Å². The average Bonchev–Trinajstić information content (AvgIpc) is 3.42. The van der Waals surface area contributed by atoms with E-state index in [4.69, 9.17) is 4.74 Å². The van der Waals surface area contributed by atoms with E-state index in [9.17, 15) is 13.2 Å². The number of amides is 1.